The van der Waals surface area contributed by atoms with Crippen molar-refractivity contribution in [1.29, 1.82) is 0 Å². The summed E-state index contributed by atoms with van der Waals surface area (Å²) in [5.41, 5.74) is 3.40. The summed E-state index contributed by atoms with van der Waals surface area (Å²) in [5.74, 6) is -0.334. The highest BCUT2D eigenvalue weighted by molar-refractivity contribution is 6.08. The van der Waals surface area contributed by atoms with Gasteiger partial charge in [-0.3, -0.25) is 14.5 Å². The number of rotatable bonds is 5. The first-order valence-corrected chi connectivity index (χ1v) is 11.7. The lowest BCUT2D eigenvalue weighted by molar-refractivity contribution is -0.192. The van der Waals surface area contributed by atoms with E-state index in [1.165, 1.54) is 0 Å². The highest BCUT2D eigenvalue weighted by atomic mass is 16.5. The number of β-lactam (4-membered cyclic amide) rings is 1. The molecular formula is C30H24N2O3. The zero-order valence-electron chi connectivity index (χ0n) is 19.1. The van der Waals surface area contributed by atoms with Crippen LogP contribution in [0.4, 0.5) is 11.4 Å². The monoisotopic (exact) mass is 460 g/mol. The van der Waals surface area contributed by atoms with E-state index >= 15 is 0 Å². The summed E-state index contributed by atoms with van der Waals surface area (Å²) in [6.07, 6.45) is -0.755. The van der Waals surface area contributed by atoms with Gasteiger partial charge in [0.2, 0.25) is 0 Å². The van der Waals surface area contributed by atoms with Crippen molar-refractivity contribution in [3.05, 3.63) is 132 Å². The number of hydrogen-bond donors (Lipinski definition) is 0. The summed E-state index contributed by atoms with van der Waals surface area (Å²) < 4.78 is 6.37. The average molecular weight is 461 g/mol. The van der Waals surface area contributed by atoms with Crippen LogP contribution in [0.1, 0.15) is 16.7 Å². The van der Waals surface area contributed by atoms with Crippen LogP contribution in [0.5, 0.6) is 0 Å². The van der Waals surface area contributed by atoms with E-state index in [1.807, 2.05) is 115 Å². The summed E-state index contributed by atoms with van der Waals surface area (Å²) in [6, 6.07) is 37.2. The summed E-state index contributed by atoms with van der Waals surface area (Å²) >= 11 is 0. The van der Waals surface area contributed by atoms with Crippen molar-refractivity contribution in [2.24, 2.45) is 0 Å². The maximum Gasteiger partial charge on any atom is 0.256 e. The van der Waals surface area contributed by atoms with Gasteiger partial charge in [-0.1, -0.05) is 97.1 Å². The molecule has 1 fully saturated rings. The molecule has 0 radical (unpaired) electrons. The van der Waals surface area contributed by atoms with Crippen LogP contribution >= 0.6 is 0 Å². The number of benzene rings is 4. The molecule has 2 aliphatic rings. The molecule has 6 rings (SSSR count). The van der Waals surface area contributed by atoms with Crippen LogP contribution < -0.4 is 4.90 Å². The molecule has 2 atom stereocenters. The van der Waals surface area contributed by atoms with Crippen LogP contribution in [-0.4, -0.2) is 29.4 Å². The maximum atomic E-state index is 13.7. The van der Waals surface area contributed by atoms with Crippen molar-refractivity contribution in [2.45, 2.75) is 18.2 Å². The summed E-state index contributed by atoms with van der Waals surface area (Å²) in [4.78, 5) is 30.6. The Hall–Kier alpha value is -4.22. The molecule has 2 heterocycles. The summed E-state index contributed by atoms with van der Waals surface area (Å²) in [5, 5.41) is 0. The predicted octanol–water partition coefficient (Wildman–Crippen LogP) is 5.04. The van der Waals surface area contributed by atoms with E-state index in [9.17, 15) is 9.59 Å². The second-order valence-corrected chi connectivity index (χ2v) is 8.82. The van der Waals surface area contributed by atoms with E-state index in [0.717, 1.165) is 28.1 Å². The van der Waals surface area contributed by atoms with Crippen LogP contribution in [0.2, 0.25) is 0 Å². The highest BCUT2D eigenvalue weighted by Crippen LogP contribution is 2.53. The summed E-state index contributed by atoms with van der Waals surface area (Å²) in [6.45, 7) is 0.265. The van der Waals surface area contributed by atoms with Gasteiger partial charge in [0.1, 0.15) is 12.1 Å². The number of carbonyl (C=O) groups excluding carboxylic acids is 2. The van der Waals surface area contributed by atoms with Crippen molar-refractivity contribution in [1.82, 2.24) is 4.90 Å². The van der Waals surface area contributed by atoms with Crippen LogP contribution in [0.3, 0.4) is 0 Å². The second-order valence-electron chi connectivity index (χ2n) is 8.82. The van der Waals surface area contributed by atoms with E-state index in [4.69, 9.17) is 4.74 Å². The molecular weight excluding hydrogens is 436 g/mol. The Balaban J connectivity index is 1.54. The van der Waals surface area contributed by atoms with Gasteiger partial charge in [-0.05, 0) is 29.3 Å². The van der Waals surface area contributed by atoms with Gasteiger partial charge in [-0.25, -0.2) is 0 Å². The standard InChI is InChI=1S/C30H24N2O3/c33-27-20-31-29(34)28(35-21-22-12-4-1-5-13-22)30(31,23-14-6-2-7-15-23)25-18-10-11-19-26(25)32(27)24-16-8-3-9-17-24/h1-19,28H,20-21H2. The van der Waals surface area contributed by atoms with Crippen LogP contribution in [0.15, 0.2) is 115 Å². The number of carbonyl (C=O) groups is 2. The zero-order chi connectivity index (χ0) is 23.8. The Morgan fingerprint density at radius 3 is 2.06 bits per heavy atom. The fourth-order valence-corrected chi connectivity index (χ4v) is 5.35. The van der Waals surface area contributed by atoms with Gasteiger partial charge in [-0.15, -0.1) is 0 Å². The second kappa shape index (κ2) is 8.53. The maximum absolute atomic E-state index is 13.7. The molecule has 0 bridgehead atoms. The lowest BCUT2D eigenvalue weighted by Crippen LogP contribution is -2.73. The van der Waals surface area contributed by atoms with Crippen molar-refractivity contribution in [2.75, 3.05) is 11.4 Å². The molecule has 2 aliphatic heterocycles. The van der Waals surface area contributed by atoms with Gasteiger partial charge >= 0.3 is 0 Å². The minimum Gasteiger partial charge on any atom is -0.360 e. The smallest absolute Gasteiger partial charge is 0.256 e. The third-order valence-corrected chi connectivity index (χ3v) is 6.88. The number of hydrogen-bond acceptors (Lipinski definition) is 3. The molecule has 172 valence electrons. The Bertz CT molecular complexity index is 1370. The number of anilines is 2. The molecule has 0 aliphatic carbocycles. The average Bonchev–Trinajstić information content (AvgIpc) is 3.01. The molecule has 0 saturated carbocycles. The molecule has 1 saturated heterocycles. The first-order valence-electron chi connectivity index (χ1n) is 11.7. The first kappa shape index (κ1) is 21.3. The lowest BCUT2D eigenvalue weighted by Gasteiger charge is -2.56. The van der Waals surface area contributed by atoms with Gasteiger partial charge in [0.15, 0.2) is 6.10 Å². The van der Waals surface area contributed by atoms with E-state index in [-0.39, 0.29) is 18.4 Å². The third kappa shape index (κ3) is 3.27. The topological polar surface area (TPSA) is 49.9 Å². The van der Waals surface area contributed by atoms with E-state index < -0.39 is 11.6 Å². The van der Waals surface area contributed by atoms with Crippen LogP contribution in [0, 0.1) is 0 Å². The Morgan fingerprint density at radius 2 is 1.34 bits per heavy atom. The van der Waals surface area contributed by atoms with E-state index in [2.05, 4.69) is 0 Å². The Labute approximate surface area is 204 Å². The molecule has 2 amide bonds. The van der Waals surface area contributed by atoms with Gasteiger partial charge in [0.25, 0.3) is 11.8 Å². The molecule has 4 aromatic rings. The number of para-hydroxylation sites is 2. The van der Waals surface area contributed by atoms with Gasteiger partial charge in [0, 0.05) is 11.3 Å². The molecule has 0 N–H and O–H groups in total. The van der Waals surface area contributed by atoms with Crippen molar-refractivity contribution in [3.8, 4) is 0 Å². The quantitative estimate of drug-likeness (QED) is 0.392. The molecule has 5 nitrogen and oxygen atoms in total. The molecule has 4 aromatic carbocycles. The highest BCUT2D eigenvalue weighted by Gasteiger charge is 2.65. The molecule has 2 unspecified atom stereocenters. The third-order valence-electron chi connectivity index (χ3n) is 6.88. The Kier molecular flexibility index (Phi) is 5.20. The first-order chi connectivity index (χ1) is 17.2. The number of ether oxygens (including phenoxy) is 1. The normalized spacial score (nSPS) is 21.1. The molecule has 0 aromatic heterocycles. The minimum absolute atomic E-state index is 0.0392. The van der Waals surface area contributed by atoms with E-state index in [0.29, 0.717) is 6.61 Å². The van der Waals surface area contributed by atoms with E-state index in [1.54, 1.807) is 9.80 Å². The predicted molar refractivity (Wildman–Crippen MR) is 134 cm³/mol. The molecule has 5 heteroatoms. The van der Waals surface area contributed by atoms with Crippen molar-refractivity contribution in [3.63, 3.8) is 0 Å². The van der Waals surface area contributed by atoms with Gasteiger partial charge < -0.3 is 9.64 Å². The largest absolute Gasteiger partial charge is 0.360 e. The number of amides is 2. The zero-order valence-corrected chi connectivity index (χ0v) is 19.1. The van der Waals surface area contributed by atoms with Crippen molar-refractivity contribution < 1.29 is 14.3 Å². The number of fused-ring (bicyclic) bond motifs is 3. The number of nitrogens with zero attached hydrogens (tertiary/aromatic N) is 2. The van der Waals surface area contributed by atoms with Gasteiger partial charge in [0.05, 0.1) is 12.3 Å². The molecule has 35 heavy (non-hydrogen) atoms. The fraction of sp³-hybridized carbons (Fsp3) is 0.133. The van der Waals surface area contributed by atoms with Crippen molar-refractivity contribution >= 4 is 23.2 Å². The Morgan fingerprint density at radius 1 is 0.743 bits per heavy atom. The SMILES string of the molecule is O=C1CN2C(=O)C(OCc3ccccc3)C2(c2ccccc2)c2ccccc2N1c1ccccc1. The van der Waals surface area contributed by atoms with Crippen LogP contribution in [-0.2, 0) is 26.5 Å². The van der Waals surface area contributed by atoms with Crippen LogP contribution in [0.25, 0.3) is 0 Å². The van der Waals surface area contributed by atoms with Gasteiger partial charge in [-0.2, -0.15) is 0 Å². The molecule has 0 spiro atoms. The fourth-order valence-electron chi connectivity index (χ4n) is 5.35. The minimum atomic E-state index is -0.914. The lowest BCUT2D eigenvalue weighted by atomic mass is 9.69. The summed E-state index contributed by atoms with van der Waals surface area (Å²) in [7, 11) is 0.